The Morgan fingerprint density at radius 2 is 1.38 bits per heavy atom. The predicted molar refractivity (Wildman–Crippen MR) is 92.1 cm³/mol. The maximum absolute atomic E-state index is 13.3. The summed E-state index contributed by atoms with van der Waals surface area (Å²) in [5.41, 5.74) is 1.19. The highest BCUT2D eigenvalue weighted by Gasteiger charge is 2.20. The van der Waals surface area contributed by atoms with Gasteiger partial charge in [-0.2, -0.15) is 0 Å². The van der Waals surface area contributed by atoms with Crippen molar-refractivity contribution >= 4 is 5.97 Å². The second-order valence-electron chi connectivity index (χ2n) is 5.68. The van der Waals surface area contributed by atoms with Crippen LogP contribution in [-0.2, 0) is 4.74 Å². The molecule has 0 amide bonds. The van der Waals surface area contributed by atoms with E-state index in [1.54, 1.807) is 30.3 Å². The lowest BCUT2D eigenvalue weighted by atomic mass is 9.88. The molecule has 0 aliphatic heterocycles. The molecule has 0 atom stereocenters. The van der Waals surface area contributed by atoms with Crippen molar-refractivity contribution in [3.05, 3.63) is 105 Å². The molecule has 1 heterocycles. The van der Waals surface area contributed by atoms with Gasteiger partial charge in [0.1, 0.15) is 17.2 Å². The predicted octanol–water partition coefficient (Wildman–Crippen LogP) is 3.62. The van der Waals surface area contributed by atoms with Crippen LogP contribution in [0.25, 0.3) is 0 Å². The van der Waals surface area contributed by atoms with Crippen LogP contribution in [0.15, 0.2) is 65.5 Å². The summed E-state index contributed by atoms with van der Waals surface area (Å²) in [4.78, 5) is 26.5. The molecule has 0 aliphatic rings. The van der Waals surface area contributed by atoms with Gasteiger partial charge in [0.25, 0.3) is 5.56 Å². The summed E-state index contributed by atoms with van der Waals surface area (Å²) in [5, 5.41) is 0. The fourth-order valence-corrected chi connectivity index (χ4v) is 2.79. The van der Waals surface area contributed by atoms with E-state index in [4.69, 9.17) is 0 Å². The summed E-state index contributed by atoms with van der Waals surface area (Å²) in [5.74, 6) is -1.98. The number of pyridine rings is 1. The topological polar surface area (TPSA) is 59.2 Å². The van der Waals surface area contributed by atoms with Crippen LogP contribution in [0.4, 0.5) is 8.78 Å². The first-order chi connectivity index (χ1) is 12.5. The highest BCUT2D eigenvalue weighted by Crippen LogP contribution is 2.30. The second kappa shape index (κ2) is 7.31. The Morgan fingerprint density at radius 1 is 0.885 bits per heavy atom. The number of benzene rings is 2. The van der Waals surface area contributed by atoms with Gasteiger partial charge in [-0.25, -0.2) is 13.6 Å². The molecule has 26 heavy (non-hydrogen) atoms. The molecule has 3 rings (SSSR count). The average molecular weight is 355 g/mol. The zero-order valence-electron chi connectivity index (χ0n) is 13.8. The van der Waals surface area contributed by atoms with Crippen molar-refractivity contribution in [3.8, 4) is 0 Å². The highest BCUT2D eigenvalue weighted by atomic mass is 19.1. The van der Waals surface area contributed by atoms with Crippen molar-refractivity contribution < 1.29 is 18.3 Å². The molecule has 6 heteroatoms. The van der Waals surface area contributed by atoms with Crippen molar-refractivity contribution in [1.82, 2.24) is 4.98 Å². The summed E-state index contributed by atoms with van der Waals surface area (Å²) in [6.45, 7) is 0. The molecule has 1 N–H and O–H groups in total. The van der Waals surface area contributed by atoms with Crippen LogP contribution in [0, 0.1) is 11.6 Å². The van der Waals surface area contributed by atoms with Gasteiger partial charge in [-0.15, -0.1) is 0 Å². The van der Waals surface area contributed by atoms with Crippen molar-refractivity contribution in [3.63, 3.8) is 0 Å². The van der Waals surface area contributed by atoms with E-state index in [9.17, 15) is 18.4 Å². The minimum Gasteiger partial charge on any atom is -0.465 e. The molecule has 132 valence electrons. The molecular weight excluding hydrogens is 340 g/mol. The Hall–Kier alpha value is -3.28. The molecule has 0 aliphatic carbocycles. The smallest absolute Gasteiger partial charge is 0.343 e. The fourth-order valence-electron chi connectivity index (χ4n) is 2.79. The van der Waals surface area contributed by atoms with E-state index in [0.717, 1.165) is 0 Å². The highest BCUT2D eigenvalue weighted by molar-refractivity contribution is 5.88. The second-order valence-corrected chi connectivity index (χ2v) is 5.68. The van der Waals surface area contributed by atoms with Gasteiger partial charge >= 0.3 is 5.97 Å². The molecule has 0 saturated heterocycles. The third-order valence-corrected chi connectivity index (χ3v) is 4.06. The van der Waals surface area contributed by atoms with Crippen LogP contribution in [0.5, 0.6) is 0 Å². The van der Waals surface area contributed by atoms with Gasteiger partial charge in [0, 0.05) is 11.6 Å². The summed E-state index contributed by atoms with van der Waals surface area (Å²) < 4.78 is 31.2. The molecule has 4 nitrogen and oxygen atoms in total. The SMILES string of the molecule is COC(=O)c1ccc(C(c2ccc(F)cc2)c2ccc(F)cc2)[nH]c1=O. The number of carbonyl (C=O) groups excluding carboxylic acids is 1. The number of ether oxygens (including phenoxy) is 1. The number of rotatable bonds is 4. The van der Waals surface area contributed by atoms with E-state index in [1.165, 1.54) is 37.4 Å². The van der Waals surface area contributed by atoms with E-state index in [1.807, 2.05) is 0 Å². The van der Waals surface area contributed by atoms with Crippen LogP contribution >= 0.6 is 0 Å². The first-order valence-corrected chi connectivity index (χ1v) is 7.82. The van der Waals surface area contributed by atoms with Gasteiger partial charge in [-0.05, 0) is 47.5 Å². The van der Waals surface area contributed by atoms with E-state index in [0.29, 0.717) is 16.8 Å². The normalized spacial score (nSPS) is 10.8. The van der Waals surface area contributed by atoms with E-state index in [-0.39, 0.29) is 17.2 Å². The molecule has 0 spiro atoms. The largest absolute Gasteiger partial charge is 0.465 e. The average Bonchev–Trinajstić information content (AvgIpc) is 2.64. The van der Waals surface area contributed by atoms with Gasteiger partial charge in [0.05, 0.1) is 7.11 Å². The molecular formula is C20H15F2NO3. The number of hydrogen-bond acceptors (Lipinski definition) is 3. The number of aromatic amines is 1. The van der Waals surface area contributed by atoms with Crippen molar-refractivity contribution in [2.75, 3.05) is 7.11 Å². The van der Waals surface area contributed by atoms with Crippen LogP contribution < -0.4 is 5.56 Å². The lowest BCUT2D eigenvalue weighted by Gasteiger charge is -2.18. The van der Waals surface area contributed by atoms with Gasteiger partial charge in [0.15, 0.2) is 0 Å². The van der Waals surface area contributed by atoms with E-state index < -0.39 is 17.4 Å². The summed E-state index contributed by atoms with van der Waals surface area (Å²) in [7, 11) is 1.19. The standard InChI is InChI=1S/C20H15F2NO3/c1-26-20(25)16-10-11-17(23-19(16)24)18(12-2-6-14(21)7-3-12)13-4-8-15(22)9-5-13/h2-11,18H,1H3,(H,23,24). The number of nitrogens with one attached hydrogen (secondary N) is 1. The third-order valence-electron chi connectivity index (χ3n) is 4.06. The summed E-state index contributed by atoms with van der Waals surface area (Å²) >= 11 is 0. The van der Waals surface area contributed by atoms with Gasteiger partial charge in [0.2, 0.25) is 0 Å². The minimum atomic E-state index is -0.738. The van der Waals surface area contributed by atoms with E-state index in [2.05, 4.69) is 9.72 Å². The zero-order chi connectivity index (χ0) is 18.7. The number of methoxy groups -OCH3 is 1. The van der Waals surface area contributed by atoms with Gasteiger partial charge < -0.3 is 9.72 Å². The number of halogens is 2. The lowest BCUT2D eigenvalue weighted by molar-refractivity contribution is 0.0598. The molecule has 1 aromatic heterocycles. The number of aromatic nitrogens is 1. The quantitative estimate of drug-likeness (QED) is 0.727. The van der Waals surface area contributed by atoms with Crippen LogP contribution in [0.1, 0.15) is 33.1 Å². The fraction of sp³-hybridized carbons (Fsp3) is 0.100. The first-order valence-electron chi connectivity index (χ1n) is 7.82. The Balaban J connectivity index is 2.13. The minimum absolute atomic E-state index is 0.117. The number of carbonyl (C=O) groups is 1. The van der Waals surface area contributed by atoms with Crippen LogP contribution in [0.2, 0.25) is 0 Å². The number of esters is 1. The van der Waals surface area contributed by atoms with E-state index >= 15 is 0 Å². The Labute approximate surface area is 148 Å². The maximum Gasteiger partial charge on any atom is 0.343 e. The van der Waals surface area contributed by atoms with Crippen LogP contribution in [-0.4, -0.2) is 18.1 Å². The molecule has 0 saturated carbocycles. The lowest BCUT2D eigenvalue weighted by Crippen LogP contribution is -2.21. The van der Waals surface area contributed by atoms with Crippen molar-refractivity contribution in [2.45, 2.75) is 5.92 Å². The Bertz CT molecular complexity index is 934. The van der Waals surface area contributed by atoms with Gasteiger partial charge in [-0.1, -0.05) is 24.3 Å². The summed E-state index contributed by atoms with van der Waals surface area (Å²) in [6, 6.07) is 14.6. The molecule has 2 aromatic carbocycles. The molecule has 0 bridgehead atoms. The maximum atomic E-state index is 13.3. The number of hydrogen-bond donors (Lipinski definition) is 1. The first kappa shape index (κ1) is 17.5. The van der Waals surface area contributed by atoms with Crippen LogP contribution in [0.3, 0.4) is 0 Å². The Kier molecular flexibility index (Phi) is 4.93. The van der Waals surface area contributed by atoms with Gasteiger partial charge in [-0.3, -0.25) is 4.79 Å². The molecule has 0 radical (unpaired) electrons. The number of H-pyrrole nitrogens is 1. The molecule has 0 unspecified atom stereocenters. The monoisotopic (exact) mass is 355 g/mol. The molecule has 3 aromatic rings. The zero-order valence-corrected chi connectivity index (χ0v) is 13.8. The Morgan fingerprint density at radius 3 is 1.81 bits per heavy atom. The van der Waals surface area contributed by atoms with Crippen molar-refractivity contribution in [1.29, 1.82) is 0 Å². The van der Waals surface area contributed by atoms with Crippen molar-refractivity contribution in [2.24, 2.45) is 0 Å². The summed E-state index contributed by atoms with van der Waals surface area (Å²) in [6.07, 6.45) is 0. The molecule has 0 fully saturated rings. The third kappa shape index (κ3) is 3.54.